The van der Waals surface area contributed by atoms with Crippen LogP contribution in [0.25, 0.3) is 11.3 Å². The summed E-state index contributed by atoms with van der Waals surface area (Å²) in [5, 5.41) is 8.00. The van der Waals surface area contributed by atoms with Crippen LogP contribution in [0.1, 0.15) is 5.56 Å². The third-order valence-corrected chi connectivity index (χ3v) is 2.82. The van der Waals surface area contributed by atoms with Gasteiger partial charge in [0.25, 0.3) is 0 Å². The second kappa shape index (κ2) is 4.68. The third-order valence-electron chi connectivity index (χ3n) is 2.51. The largest absolute Gasteiger partial charge is 0.316 e. The minimum absolute atomic E-state index is 0.761. The number of benzene rings is 1. The van der Waals surface area contributed by atoms with E-state index in [4.69, 9.17) is 11.6 Å². The monoisotopic (exact) mass is 235 g/mol. The minimum atomic E-state index is 0.761. The average molecular weight is 236 g/mol. The van der Waals surface area contributed by atoms with Gasteiger partial charge in [-0.2, -0.15) is 5.10 Å². The molecule has 0 saturated carbocycles. The maximum absolute atomic E-state index is 6.26. The van der Waals surface area contributed by atoms with Crippen LogP contribution in [0.4, 0.5) is 0 Å². The van der Waals surface area contributed by atoms with Crippen LogP contribution < -0.4 is 5.32 Å². The molecular weight excluding hydrogens is 222 g/mol. The summed E-state index contributed by atoms with van der Waals surface area (Å²) in [6, 6.07) is 8.05. The van der Waals surface area contributed by atoms with Crippen LogP contribution >= 0.6 is 11.6 Å². The highest BCUT2D eigenvalue weighted by molar-refractivity contribution is 6.33. The molecule has 0 bridgehead atoms. The number of nitrogens with one attached hydrogen (secondary N) is 1. The lowest BCUT2D eigenvalue weighted by Gasteiger charge is -2.07. The summed E-state index contributed by atoms with van der Waals surface area (Å²) < 4.78 is 1.82. The Bertz CT molecular complexity index is 491. The summed E-state index contributed by atoms with van der Waals surface area (Å²) in [5.74, 6) is 0. The first kappa shape index (κ1) is 11.2. The minimum Gasteiger partial charge on any atom is -0.316 e. The standard InChI is InChI=1S/C12H14ClN3/c1-14-8-9-3-4-10(11(13)7-9)12-5-6-15-16(12)2/h3-7,14H,8H2,1-2H3. The van der Waals surface area contributed by atoms with Gasteiger partial charge < -0.3 is 5.32 Å². The van der Waals surface area contributed by atoms with Crippen LogP contribution in [0.2, 0.25) is 5.02 Å². The van der Waals surface area contributed by atoms with Crippen molar-refractivity contribution in [3.05, 3.63) is 41.0 Å². The first-order chi connectivity index (χ1) is 7.72. The highest BCUT2D eigenvalue weighted by atomic mass is 35.5. The second-order valence-corrected chi connectivity index (χ2v) is 4.09. The molecule has 0 fully saturated rings. The Morgan fingerprint density at radius 1 is 1.38 bits per heavy atom. The van der Waals surface area contributed by atoms with E-state index in [9.17, 15) is 0 Å². The van der Waals surface area contributed by atoms with Gasteiger partial charge in [0, 0.05) is 25.4 Å². The highest BCUT2D eigenvalue weighted by Crippen LogP contribution is 2.28. The van der Waals surface area contributed by atoms with E-state index in [1.54, 1.807) is 6.20 Å². The first-order valence-electron chi connectivity index (χ1n) is 5.14. The van der Waals surface area contributed by atoms with Gasteiger partial charge in [-0.3, -0.25) is 4.68 Å². The molecule has 0 amide bonds. The number of halogens is 1. The van der Waals surface area contributed by atoms with Gasteiger partial charge in [0.1, 0.15) is 0 Å². The molecule has 16 heavy (non-hydrogen) atoms. The van der Waals surface area contributed by atoms with Crippen LogP contribution in [-0.2, 0) is 13.6 Å². The fourth-order valence-electron chi connectivity index (χ4n) is 1.72. The Labute approximate surface area is 100 Å². The molecule has 0 unspecified atom stereocenters. The van der Waals surface area contributed by atoms with E-state index in [1.165, 1.54) is 5.56 Å². The summed E-state index contributed by atoms with van der Waals surface area (Å²) >= 11 is 6.26. The molecule has 1 aromatic carbocycles. The van der Waals surface area contributed by atoms with Gasteiger partial charge in [0.2, 0.25) is 0 Å². The quantitative estimate of drug-likeness (QED) is 0.886. The average Bonchev–Trinajstić information content (AvgIpc) is 2.65. The highest BCUT2D eigenvalue weighted by Gasteiger charge is 2.07. The predicted molar refractivity (Wildman–Crippen MR) is 66.4 cm³/mol. The van der Waals surface area contributed by atoms with Crippen molar-refractivity contribution in [2.75, 3.05) is 7.05 Å². The van der Waals surface area contributed by atoms with Gasteiger partial charge in [0.15, 0.2) is 0 Å². The van der Waals surface area contributed by atoms with E-state index >= 15 is 0 Å². The Hall–Kier alpha value is -1.32. The number of rotatable bonds is 3. The van der Waals surface area contributed by atoms with Crippen molar-refractivity contribution in [2.24, 2.45) is 7.05 Å². The summed E-state index contributed by atoms with van der Waals surface area (Å²) in [6.07, 6.45) is 1.77. The molecule has 0 atom stereocenters. The van der Waals surface area contributed by atoms with Gasteiger partial charge in [-0.25, -0.2) is 0 Å². The molecule has 1 heterocycles. The van der Waals surface area contributed by atoms with Crippen LogP contribution in [0.3, 0.4) is 0 Å². The van der Waals surface area contributed by atoms with Gasteiger partial charge in [-0.1, -0.05) is 23.7 Å². The molecule has 4 heteroatoms. The summed E-state index contributed by atoms with van der Waals surface area (Å²) in [6.45, 7) is 0.825. The number of aryl methyl sites for hydroxylation is 1. The van der Waals surface area contributed by atoms with E-state index in [-0.39, 0.29) is 0 Å². The number of nitrogens with zero attached hydrogens (tertiary/aromatic N) is 2. The van der Waals surface area contributed by atoms with Crippen molar-refractivity contribution < 1.29 is 0 Å². The van der Waals surface area contributed by atoms with E-state index in [2.05, 4.69) is 16.5 Å². The van der Waals surface area contributed by atoms with Crippen LogP contribution in [0, 0.1) is 0 Å². The lowest BCUT2D eigenvalue weighted by atomic mass is 10.1. The molecule has 0 spiro atoms. The van der Waals surface area contributed by atoms with Crippen molar-refractivity contribution in [3.8, 4) is 11.3 Å². The molecule has 2 aromatic rings. The lowest BCUT2D eigenvalue weighted by Crippen LogP contribution is -2.05. The smallest absolute Gasteiger partial charge is 0.0693 e. The lowest BCUT2D eigenvalue weighted by molar-refractivity contribution is 0.775. The molecule has 0 saturated heterocycles. The molecule has 1 N–H and O–H groups in total. The summed E-state index contributed by atoms with van der Waals surface area (Å²) in [5.41, 5.74) is 3.22. The zero-order valence-corrected chi connectivity index (χ0v) is 10.1. The van der Waals surface area contributed by atoms with Gasteiger partial charge in [0.05, 0.1) is 10.7 Å². The van der Waals surface area contributed by atoms with Gasteiger partial charge in [-0.05, 0) is 24.7 Å². The molecular formula is C12H14ClN3. The van der Waals surface area contributed by atoms with Crippen molar-refractivity contribution in [1.29, 1.82) is 0 Å². The number of aromatic nitrogens is 2. The van der Waals surface area contributed by atoms with Crippen molar-refractivity contribution in [3.63, 3.8) is 0 Å². The maximum atomic E-state index is 6.26. The Balaban J connectivity index is 2.40. The molecule has 0 aliphatic carbocycles. The van der Waals surface area contributed by atoms with E-state index in [0.717, 1.165) is 22.8 Å². The topological polar surface area (TPSA) is 29.9 Å². The van der Waals surface area contributed by atoms with E-state index in [1.807, 2.05) is 37.0 Å². The molecule has 0 aliphatic rings. The fourth-order valence-corrected chi connectivity index (χ4v) is 2.02. The molecule has 3 nitrogen and oxygen atoms in total. The Kier molecular flexibility index (Phi) is 3.27. The fraction of sp³-hybridized carbons (Fsp3) is 0.250. The van der Waals surface area contributed by atoms with Gasteiger partial charge in [-0.15, -0.1) is 0 Å². The van der Waals surface area contributed by atoms with Crippen LogP contribution in [0.15, 0.2) is 30.5 Å². The third kappa shape index (κ3) is 2.10. The molecule has 84 valence electrons. The van der Waals surface area contributed by atoms with Crippen LogP contribution in [-0.4, -0.2) is 16.8 Å². The second-order valence-electron chi connectivity index (χ2n) is 3.68. The molecule has 2 rings (SSSR count). The Morgan fingerprint density at radius 2 is 2.19 bits per heavy atom. The molecule has 0 radical (unpaired) electrons. The predicted octanol–water partition coefficient (Wildman–Crippen LogP) is 2.46. The summed E-state index contributed by atoms with van der Waals surface area (Å²) in [7, 11) is 3.83. The zero-order valence-electron chi connectivity index (χ0n) is 9.37. The van der Waals surface area contributed by atoms with Crippen LogP contribution in [0.5, 0.6) is 0 Å². The summed E-state index contributed by atoms with van der Waals surface area (Å²) in [4.78, 5) is 0. The van der Waals surface area contributed by atoms with E-state index in [0.29, 0.717) is 0 Å². The number of hydrogen-bond donors (Lipinski definition) is 1. The van der Waals surface area contributed by atoms with Crippen molar-refractivity contribution in [2.45, 2.75) is 6.54 Å². The van der Waals surface area contributed by atoms with Crippen molar-refractivity contribution in [1.82, 2.24) is 15.1 Å². The van der Waals surface area contributed by atoms with Gasteiger partial charge >= 0.3 is 0 Å². The maximum Gasteiger partial charge on any atom is 0.0693 e. The number of hydrogen-bond acceptors (Lipinski definition) is 2. The molecule has 1 aromatic heterocycles. The Morgan fingerprint density at radius 3 is 2.75 bits per heavy atom. The van der Waals surface area contributed by atoms with Crippen molar-refractivity contribution >= 4 is 11.6 Å². The normalized spacial score (nSPS) is 10.7. The molecule has 0 aliphatic heterocycles. The SMILES string of the molecule is CNCc1ccc(-c2ccnn2C)c(Cl)c1. The zero-order chi connectivity index (χ0) is 11.5. The van der Waals surface area contributed by atoms with E-state index < -0.39 is 0 Å². The first-order valence-corrected chi connectivity index (χ1v) is 5.51.